The average molecular weight is 650 g/mol. The Kier molecular flexibility index (Phi) is 6.92. The zero-order valence-corrected chi connectivity index (χ0v) is 28.2. The van der Waals surface area contributed by atoms with Crippen molar-refractivity contribution in [3.8, 4) is 45.5 Å². The molecular formula is C44H35N5O. The molecule has 0 aliphatic heterocycles. The third kappa shape index (κ3) is 4.96. The van der Waals surface area contributed by atoms with Crippen LogP contribution in [-0.4, -0.2) is 23.5 Å². The Bertz CT molecular complexity index is 2660. The fourth-order valence-corrected chi connectivity index (χ4v) is 7.02. The van der Waals surface area contributed by atoms with Gasteiger partial charge in [-0.2, -0.15) is 0 Å². The molecule has 50 heavy (non-hydrogen) atoms. The molecule has 0 amide bonds. The minimum Gasteiger partial charge on any atom is -0.457 e. The van der Waals surface area contributed by atoms with Crippen LogP contribution in [0.3, 0.4) is 0 Å². The minimum absolute atomic E-state index is 0.000337. The molecular weight excluding hydrogens is 615 g/mol. The van der Waals surface area contributed by atoms with E-state index in [4.69, 9.17) is 14.7 Å². The SMILES string of the molecule is CC(C)(C)c1ccnc(-n2c3ccccc3c3ccc(Oc4cccc(-n5c(-c6ccccc6)c(-c6ccccc6)n6ccnc56)c4)cc32)c1. The minimum atomic E-state index is -0.000337. The van der Waals surface area contributed by atoms with Crippen LogP contribution in [0.15, 0.2) is 158 Å². The van der Waals surface area contributed by atoms with Crippen molar-refractivity contribution < 1.29 is 4.74 Å². The first-order valence-electron chi connectivity index (χ1n) is 16.9. The Balaban J connectivity index is 1.17. The number of fused-ring (bicyclic) bond motifs is 4. The summed E-state index contributed by atoms with van der Waals surface area (Å²) in [4.78, 5) is 9.68. The highest BCUT2D eigenvalue weighted by molar-refractivity contribution is 6.09. The summed E-state index contributed by atoms with van der Waals surface area (Å²) in [5, 5.41) is 2.33. The highest BCUT2D eigenvalue weighted by atomic mass is 16.5. The maximum atomic E-state index is 6.67. The first-order chi connectivity index (χ1) is 24.4. The van der Waals surface area contributed by atoms with E-state index in [0.717, 1.165) is 67.7 Å². The molecule has 6 heteroatoms. The predicted octanol–water partition coefficient (Wildman–Crippen LogP) is 11.0. The standard InChI is InChI=1S/C44H35N5O/c1-44(2,3)32-23-24-45-40(27-32)49-38-20-11-10-19-36(38)37-22-21-35(29-39(37)49)50-34-18-12-17-33(28-34)48-42(31-15-8-5-9-16-31)41(30-13-6-4-7-14-30)47-26-25-46-43(47)48/h4-29H,1-3H3. The van der Waals surface area contributed by atoms with Crippen molar-refractivity contribution >= 4 is 27.6 Å². The number of para-hydroxylation sites is 1. The van der Waals surface area contributed by atoms with Gasteiger partial charge in [-0.1, -0.05) is 106 Å². The molecule has 242 valence electrons. The highest BCUT2D eigenvalue weighted by Gasteiger charge is 2.23. The average Bonchev–Trinajstić information content (AvgIpc) is 3.83. The molecule has 5 aromatic carbocycles. The number of hydrogen-bond acceptors (Lipinski definition) is 3. The van der Waals surface area contributed by atoms with Crippen molar-refractivity contribution in [2.45, 2.75) is 26.2 Å². The summed E-state index contributed by atoms with van der Waals surface area (Å²) in [7, 11) is 0. The predicted molar refractivity (Wildman–Crippen MR) is 203 cm³/mol. The van der Waals surface area contributed by atoms with E-state index in [9.17, 15) is 0 Å². The molecule has 0 fully saturated rings. The third-order valence-corrected chi connectivity index (χ3v) is 9.40. The van der Waals surface area contributed by atoms with Crippen LogP contribution in [0.5, 0.6) is 11.5 Å². The number of hydrogen-bond donors (Lipinski definition) is 0. The lowest BCUT2D eigenvalue weighted by Crippen LogP contribution is -2.12. The maximum Gasteiger partial charge on any atom is 0.219 e. The van der Waals surface area contributed by atoms with Gasteiger partial charge in [-0.15, -0.1) is 0 Å². The molecule has 0 saturated heterocycles. The molecule has 0 aliphatic carbocycles. The summed E-state index contributed by atoms with van der Waals surface area (Å²) < 4.78 is 13.3. The molecule has 0 aliphatic rings. The molecule has 9 aromatic rings. The van der Waals surface area contributed by atoms with Crippen molar-refractivity contribution in [2.75, 3.05) is 0 Å². The van der Waals surface area contributed by atoms with Crippen molar-refractivity contribution in [3.63, 3.8) is 0 Å². The first-order valence-corrected chi connectivity index (χ1v) is 16.9. The molecule has 0 atom stereocenters. The van der Waals surface area contributed by atoms with Crippen LogP contribution in [0.25, 0.3) is 61.6 Å². The van der Waals surface area contributed by atoms with Crippen LogP contribution >= 0.6 is 0 Å². The fraction of sp³-hybridized carbons (Fsp3) is 0.0909. The van der Waals surface area contributed by atoms with Crippen molar-refractivity contribution in [2.24, 2.45) is 0 Å². The smallest absolute Gasteiger partial charge is 0.219 e. The summed E-state index contributed by atoms with van der Waals surface area (Å²) in [6.45, 7) is 6.69. The lowest BCUT2D eigenvalue weighted by atomic mass is 9.88. The summed E-state index contributed by atoms with van der Waals surface area (Å²) in [6, 6.07) is 48.4. The largest absolute Gasteiger partial charge is 0.457 e. The Labute approximate surface area is 290 Å². The number of aromatic nitrogens is 5. The molecule has 0 spiro atoms. The molecule has 0 radical (unpaired) electrons. The van der Waals surface area contributed by atoms with Gasteiger partial charge in [0.25, 0.3) is 0 Å². The molecule has 4 aromatic heterocycles. The van der Waals surface area contributed by atoms with E-state index in [-0.39, 0.29) is 5.41 Å². The van der Waals surface area contributed by atoms with E-state index in [0.29, 0.717) is 0 Å². The zero-order chi connectivity index (χ0) is 33.8. The Morgan fingerprint density at radius 2 is 1.24 bits per heavy atom. The van der Waals surface area contributed by atoms with Crippen molar-refractivity contribution in [3.05, 3.63) is 164 Å². The molecule has 6 nitrogen and oxygen atoms in total. The number of pyridine rings is 1. The second-order valence-electron chi connectivity index (χ2n) is 13.6. The number of nitrogens with zero attached hydrogens (tertiary/aromatic N) is 5. The van der Waals surface area contributed by atoms with Crippen LogP contribution < -0.4 is 4.74 Å². The Morgan fingerprint density at radius 1 is 0.540 bits per heavy atom. The summed E-state index contributed by atoms with van der Waals surface area (Å²) in [6.07, 6.45) is 5.79. The molecule has 0 saturated carbocycles. The maximum absolute atomic E-state index is 6.67. The van der Waals surface area contributed by atoms with Crippen LogP contribution in [0, 0.1) is 0 Å². The molecule has 0 unspecified atom stereocenters. The van der Waals surface area contributed by atoms with Gasteiger partial charge in [0.2, 0.25) is 5.78 Å². The Morgan fingerprint density at radius 3 is 2.02 bits per heavy atom. The molecule has 0 N–H and O–H groups in total. The van der Waals surface area contributed by atoms with E-state index in [1.165, 1.54) is 10.9 Å². The lowest BCUT2D eigenvalue weighted by molar-refractivity contribution is 0.483. The van der Waals surface area contributed by atoms with Crippen LogP contribution in [-0.2, 0) is 5.41 Å². The van der Waals surface area contributed by atoms with E-state index < -0.39 is 0 Å². The topological polar surface area (TPSA) is 49.3 Å². The van der Waals surface area contributed by atoms with E-state index in [1.807, 2.05) is 42.9 Å². The first kappa shape index (κ1) is 29.7. The highest BCUT2D eigenvalue weighted by Crippen LogP contribution is 2.39. The number of imidazole rings is 2. The van der Waals surface area contributed by atoms with Gasteiger partial charge in [-0.05, 0) is 53.4 Å². The molecule has 9 rings (SSSR count). The Hall–Kier alpha value is -6.40. The second kappa shape index (κ2) is 11.6. The molecule has 4 heterocycles. The number of ether oxygens (including phenoxy) is 1. The number of benzene rings is 5. The fourth-order valence-electron chi connectivity index (χ4n) is 7.02. The molecule has 0 bridgehead atoms. The second-order valence-corrected chi connectivity index (χ2v) is 13.6. The van der Waals surface area contributed by atoms with Gasteiger partial charge in [0, 0.05) is 52.6 Å². The van der Waals surface area contributed by atoms with E-state index in [2.05, 4.69) is 150 Å². The zero-order valence-electron chi connectivity index (χ0n) is 28.2. The number of rotatable bonds is 6. The van der Waals surface area contributed by atoms with E-state index >= 15 is 0 Å². The van der Waals surface area contributed by atoms with Crippen LogP contribution in [0.4, 0.5) is 0 Å². The normalized spacial score (nSPS) is 11.9. The van der Waals surface area contributed by atoms with Gasteiger partial charge >= 0.3 is 0 Å². The summed E-state index contributed by atoms with van der Waals surface area (Å²) in [5.41, 5.74) is 8.71. The monoisotopic (exact) mass is 649 g/mol. The van der Waals surface area contributed by atoms with Crippen molar-refractivity contribution in [1.82, 2.24) is 23.5 Å². The van der Waals surface area contributed by atoms with Gasteiger partial charge in [0.15, 0.2) is 0 Å². The van der Waals surface area contributed by atoms with Gasteiger partial charge in [0.1, 0.15) is 17.3 Å². The van der Waals surface area contributed by atoms with Gasteiger partial charge in [-0.25, -0.2) is 9.97 Å². The summed E-state index contributed by atoms with van der Waals surface area (Å²) in [5.74, 6) is 3.20. The summed E-state index contributed by atoms with van der Waals surface area (Å²) >= 11 is 0. The quantitative estimate of drug-likeness (QED) is 0.180. The van der Waals surface area contributed by atoms with Crippen LogP contribution in [0.2, 0.25) is 0 Å². The lowest BCUT2D eigenvalue weighted by Gasteiger charge is -2.20. The van der Waals surface area contributed by atoms with E-state index in [1.54, 1.807) is 0 Å². The van der Waals surface area contributed by atoms with Gasteiger partial charge in [0.05, 0.1) is 28.1 Å². The van der Waals surface area contributed by atoms with Gasteiger partial charge in [-0.3, -0.25) is 13.5 Å². The third-order valence-electron chi connectivity index (χ3n) is 9.40. The van der Waals surface area contributed by atoms with Gasteiger partial charge < -0.3 is 4.74 Å². The van der Waals surface area contributed by atoms with Crippen LogP contribution in [0.1, 0.15) is 26.3 Å². The van der Waals surface area contributed by atoms with Crippen molar-refractivity contribution in [1.29, 1.82) is 0 Å².